The molecule has 0 saturated heterocycles. The molecule has 0 fully saturated rings. The fraction of sp³-hybridized carbons (Fsp3) is 0.143. The summed E-state index contributed by atoms with van der Waals surface area (Å²) in [6, 6.07) is 15.0. The van der Waals surface area contributed by atoms with Crippen LogP contribution in [0, 0.1) is 5.82 Å². The first kappa shape index (κ1) is 20.2. The van der Waals surface area contributed by atoms with Crippen molar-refractivity contribution in [3.63, 3.8) is 0 Å². The van der Waals surface area contributed by atoms with Gasteiger partial charge in [0.2, 0.25) is 5.89 Å². The van der Waals surface area contributed by atoms with Gasteiger partial charge in [-0.05, 0) is 36.4 Å². The fourth-order valence-electron chi connectivity index (χ4n) is 2.74. The minimum atomic E-state index is -3.50. The van der Waals surface area contributed by atoms with Gasteiger partial charge in [0, 0.05) is 10.9 Å². The number of rotatable bonds is 8. The molecule has 154 valence electrons. The number of para-hydroxylation sites is 1. The van der Waals surface area contributed by atoms with E-state index in [9.17, 15) is 12.8 Å². The van der Waals surface area contributed by atoms with Crippen LogP contribution in [0.5, 0.6) is 5.75 Å². The quantitative estimate of drug-likeness (QED) is 0.394. The lowest BCUT2D eigenvalue weighted by Crippen LogP contribution is -2.08. The molecule has 2 heterocycles. The standard InChI is InChI=1S/C21H17FN2O4S2/c22-16-8-6-15(7-9-16)21-24-17(10-28-21)13-30(25,26)14-18-12-29-20(23-18)11-27-19-4-2-1-3-5-19/h1-10,12H,11,13-14H2. The molecule has 2 aromatic heterocycles. The minimum Gasteiger partial charge on any atom is -0.486 e. The predicted octanol–water partition coefficient (Wildman–Crippen LogP) is 4.63. The Hall–Kier alpha value is -3.04. The van der Waals surface area contributed by atoms with Gasteiger partial charge in [-0.25, -0.2) is 22.8 Å². The average Bonchev–Trinajstić information content (AvgIpc) is 3.36. The zero-order chi connectivity index (χ0) is 21.0. The second kappa shape index (κ2) is 8.76. The SMILES string of the molecule is O=S(=O)(Cc1coc(-c2ccc(F)cc2)n1)Cc1csc(COc2ccccc2)n1. The number of oxazole rings is 1. The minimum absolute atomic E-state index is 0.201. The van der Waals surface area contributed by atoms with Crippen LogP contribution in [0.1, 0.15) is 16.4 Å². The molecule has 9 heteroatoms. The van der Waals surface area contributed by atoms with Crippen molar-refractivity contribution in [3.05, 3.63) is 88.5 Å². The summed E-state index contributed by atoms with van der Waals surface area (Å²) < 4.78 is 49.1. The van der Waals surface area contributed by atoms with Crippen LogP contribution in [0.3, 0.4) is 0 Å². The number of sulfone groups is 1. The summed E-state index contributed by atoms with van der Waals surface area (Å²) in [5.41, 5.74) is 1.33. The monoisotopic (exact) mass is 444 g/mol. The molecule has 2 aromatic carbocycles. The predicted molar refractivity (Wildman–Crippen MR) is 111 cm³/mol. The van der Waals surface area contributed by atoms with E-state index in [-0.39, 0.29) is 35.5 Å². The van der Waals surface area contributed by atoms with Crippen LogP contribution in [0.15, 0.2) is 70.7 Å². The van der Waals surface area contributed by atoms with Crippen molar-refractivity contribution in [3.8, 4) is 17.2 Å². The maximum Gasteiger partial charge on any atom is 0.226 e. The Kier molecular flexibility index (Phi) is 5.91. The van der Waals surface area contributed by atoms with Gasteiger partial charge in [0.1, 0.15) is 29.4 Å². The molecular formula is C21H17FN2O4S2. The number of thiazole rings is 1. The van der Waals surface area contributed by atoms with E-state index in [0.717, 1.165) is 5.75 Å². The lowest BCUT2D eigenvalue weighted by Gasteiger charge is -2.02. The number of ether oxygens (including phenoxy) is 1. The van der Waals surface area contributed by atoms with Crippen LogP contribution in [0.2, 0.25) is 0 Å². The Bertz CT molecular complexity index is 1220. The van der Waals surface area contributed by atoms with Gasteiger partial charge < -0.3 is 9.15 Å². The number of hydrogen-bond acceptors (Lipinski definition) is 7. The molecule has 0 saturated carbocycles. The van der Waals surface area contributed by atoms with Gasteiger partial charge in [0.15, 0.2) is 9.84 Å². The third-order valence-electron chi connectivity index (χ3n) is 4.08. The molecular weight excluding hydrogens is 427 g/mol. The molecule has 4 rings (SSSR count). The van der Waals surface area contributed by atoms with Gasteiger partial charge in [0.05, 0.1) is 22.9 Å². The smallest absolute Gasteiger partial charge is 0.226 e. The highest BCUT2D eigenvalue weighted by molar-refractivity contribution is 7.89. The maximum atomic E-state index is 13.0. The van der Waals surface area contributed by atoms with Crippen LogP contribution in [-0.4, -0.2) is 18.4 Å². The first-order chi connectivity index (χ1) is 14.5. The lowest BCUT2D eigenvalue weighted by molar-refractivity contribution is 0.305. The summed E-state index contributed by atoms with van der Waals surface area (Å²) >= 11 is 1.35. The number of benzene rings is 2. The summed E-state index contributed by atoms with van der Waals surface area (Å²) in [5.74, 6) is 0.127. The second-order valence-electron chi connectivity index (χ2n) is 6.52. The summed E-state index contributed by atoms with van der Waals surface area (Å²) in [6.45, 7) is 0.277. The van der Waals surface area contributed by atoms with Crippen LogP contribution in [-0.2, 0) is 27.9 Å². The molecule has 4 aromatic rings. The Morgan fingerprint density at radius 3 is 2.47 bits per heavy atom. The molecule has 0 aliphatic carbocycles. The van der Waals surface area contributed by atoms with E-state index in [2.05, 4.69) is 9.97 Å². The van der Waals surface area contributed by atoms with Gasteiger partial charge in [0.25, 0.3) is 0 Å². The van der Waals surface area contributed by atoms with Gasteiger partial charge in [-0.1, -0.05) is 18.2 Å². The molecule has 0 N–H and O–H groups in total. The Morgan fingerprint density at radius 2 is 1.70 bits per heavy atom. The van der Waals surface area contributed by atoms with Crippen LogP contribution < -0.4 is 4.74 Å². The molecule has 0 spiro atoms. The molecule has 0 unspecified atom stereocenters. The van der Waals surface area contributed by atoms with Crippen molar-refractivity contribution in [2.24, 2.45) is 0 Å². The second-order valence-corrected chi connectivity index (χ2v) is 9.52. The number of hydrogen-bond donors (Lipinski definition) is 0. The van der Waals surface area contributed by atoms with Crippen molar-refractivity contribution in [2.75, 3.05) is 0 Å². The summed E-state index contributed by atoms with van der Waals surface area (Å²) in [5, 5.41) is 2.41. The van der Waals surface area contributed by atoms with Crippen molar-refractivity contribution >= 4 is 21.2 Å². The summed E-state index contributed by atoms with van der Waals surface area (Å²) in [6.07, 6.45) is 1.30. The van der Waals surface area contributed by atoms with Crippen LogP contribution in [0.4, 0.5) is 4.39 Å². The molecule has 0 aliphatic heterocycles. The van der Waals surface area contributed by atoms with E-state index in [4.69, 9.17) is 9.15 Å². The number of halogens is 1. The first-order valence-corrected chi connectivity index (χ1v) is 11.7. The number of aromatic nitrogens is 2. The van der Waals surface area contributed by atoms with Crippen LogP contribution >= 0.6 is 11.3 Å². The van der Waals surface area contributed by atoms with Crippen molar-refractivity contribution in [1.82, 2.24) is 9.97 Å². The molecule has 0 aliphatic rings. The molecule has 0 bridgehead atoms. The summed E-state index contributed by atoms with van der Waals surface area (Å²) in [4.78, 5) is 8.55. The number of nitrogens with zero attached hydrogens (tertiary/aromatic N) is 2. The van der Waals surface area contributed by atoms with Crippen LogP contribution in [0.25, 0.3) is 11.5 Å². The van der Waals surface area contributed by atoms with E-state index in [0.29, 0.717) is 16.3 Å². The Balaban J connectivity index is 1.37. The van der Waals surface area contributed by atoms with E-state index in [1.54, 1.807) is 5.38 Å². The van der Waals surface area contributed by atoms with Crippen molar-refractivity contribution in [1.29, 1.82) is 0 Å². The average molecular weight is 445 g/mol. The summed E-state index contributed by atoms with van der Waals surface area (Å²) in [7, 11) is -3.50. The molecule has 0 atom stereocenters. The topological polar surface area (TPSA) is 82.3 Å². The zero-order valence-electron chi connectivity index (χ0n) is 15.7. The third-order valence-corrected chi connectivity index (χ3v) is 6.43. The highest BCUT2D eigenvalue weighted by Crippen LogP contribution is 2.21. The molecule has 0 amide bonds. The largest absolute Gasteiger partial charge is 0.486 e. The molecule has 6 nitrogen and oxygen atoms in total. The van der Waals surface area contributed by atoms with Gasteiger partial charge >= 0.3 is 0 Å². The third kappa shape index (κ3) is 5.31. The Labute approximate surface area is 176 Å². The highest BCUT2D eigenvalue weighted by Gasteiger charge is 2.19. The normalized spacial score (nSPS) is 11.5. The van der Waals surface area contributed by atoms with E-state index >= 15 is 0 Å². The van der Waals surface area contributed by atoms with Crippen molar-refractivity contribution < 1.29 is 22.0 Å². The molecule has 30 heavy (non-hydrogen) atoms. The first-order valence-electron chi connectivity index (χ1n) is 8.99. The maximum absolute atomic E-state index is 13.0. The Morgan fingerprint density at radius 1 is 0.967 bits per heavy atom. The van der Waals surface area contributed by atoms with Gasteiger partial charge in [-0.3, -0.25) is 0 Å². The van der Waals surface area contributed by atoms with Crippen molar-refractivity contribution in [2.45, 2.75) is 18.1 Å². The van der Waals surface area contributed by atoms with E-state index < -0.39 is 9.84 Å². The van der Waals surface area contributed by atoms with E-state index in [1.165, 1.54) is 41.9 Å². The zero-order valence-corrected chi connectivity index (χ0v) is 17.3. The van der Waals surface area contributed by atoms with Gasteiger partial charge in [-0.15, -0.1) is 11.3 Å². The lowest BCUT2D eigenvalue weighted by atomic mass is 10.2. The van der Waals surface area contributed by atoms with E-state index in [1.807, 2.05) is 30.3 Å². The van der Waals surface area contributed by atoms with Gasteiger partial charge in [-0.2, -0.15) is 0 Å². The highest BCUT2D eigenvalue weighted by atomic mass is 32.2. The fourth-order valence-corrected chi connectivity index (χ4v) is 4.84. The molecule has 0 radical (unpaired) electrons.